The molecule has 1 atom stereocenters. The van der Waals surface area contributed by atoms with Crippen LogP contribution in [0.25, 0.3) is 0 Å². The van der Waals surface area contributed by atoms with E-state index in [1.165, 1.54) is 0 Å². The number of allylic oxidation sites excluding steroid dienone is 1. The quantitative estimate of drug-likeness (QED) is 0.574. The van der Waals surface area contributed by atoms with Crippen LogP contribution in [0.4, 0.5) is 0 Å². The molecular weight excluding hydrogens is 171 g/mol. The standard InChI is InChI=1S/C9H11O2P/c1-2-3-7-4-5-9(11-12)8(10)6-7/h2,4-6,10H,1,3,12H2. The van der Waals surface area contributed by atoms with Gasteiger partial charge in [-0.25, -0.2) is 0 Å². The third-order valence-electron chi connectivity index (χ3n) is 1.53. The van der Waals surface area contributed by atoms with Crippen molar-refractivity contribution in [2.45, 2.75) is 6.42 Å². The van der Waals surface area contributed by atoms with Crippen molar-refractivity contribution in [3.63, 3.8) is 0 Å². The van der Waals surface area contributed by atoms with Gasteiger partial charge in [-0.05, 0) is 24.1 Å². The second-order valence-corrected chi connectivity index (χ2v) is 2.65. The molecule has 0 spiro atoms. The number of rotatable bonds is 3. The van der Waals surface area contributed by atoms with Gasteiger partial charge < -0.3 is 9.63 Å². The first-order valence-corrected chi connectivity index (χ1v) is 4.04. The maximum Gasteiger partial charge on any atom is 0.164 e. The Bertz CT molecular complexity index is 284. The van der Waals surface area contributed by atoms with E-state index in [0.29, 0.717) is 5.75 Å². The smallest absolute Gasteiger partial charge is 0.164 e. The minimum atomic E-state index is 0.157. The number of benzene rings is 1. The summed E-state index contributed by atoms with van der Waals surface area (Å²) in [6.45, 7) is 3.61. The molecule has 2 nitrogen and oxygen atoms in total. The van der Waals surface area contributed by atoms with Gasteiger partial charge in [0.25, 0.3) is 0 Å². The minimum absolute atomic E-state index is 0.157. The molecule has 64 valence electrons. The van der Waals surface area contributed by atoms with Gasteiger partial charge >= 0.3 is 0 Å². The summed E-state index contributed by atoms with van der Waals surface area (Å²) < 4.78 is 4.82. The van der Waals surface area contributed by atoms with Gasteiger partial charge in [0, 0.05) is 0 Å². The predicted molar refractivity (Wildman–Crippen MR) is 52.3 cm³/mol. The summed E-state index contributed by atoms with van der Waals surface area (Å²) >= 11 is 0. The van der Waals surface area contributed by atoms with E-state index in [9.17, 15) is 5.11 Å². The zero-order valence-corrected chi connectivity index (χ0v) is 7.81. The van der Waals surface area contributed by atoms with Crippen LogP contribution in [-0.4, -0.2) is 5.11 Å². The second kappa shape index (κ2) is 4.13. The summed E-state index contributed by atoms with van der Waals surface area (Å²) in [6.07, 6.45) is 2.54. The van der Waals surface area contributed by atoms with Crippen LogP contribution in [0.15, 0.2) is 30.9 Å². The van der Waals surface area contributed by atoms with E-state index in [4.69, 9.17) is 4.52 Å². The van der Waals surface area contributed by atoms with Crippen LogP contribution in [0.2, 0.25) is 0 Å². The third-order valence-corrected chi connectivity index (χ3v) is 1.78. The summed E-state index contributed by atoms with van der Waals surface area (Å²) in [7, 11) is 2.09. The SMILES string of the molecule is C=CCc1ccc(OP)c(O)c1. The van der Waals surface area contributed by atoms with Crippen molar-refractivity contribution in [1.29, 1.82) is 0 Å². The summed E-state index contributed by atoms with van der Waals surface area (Å²) in [4.78, 5) is 0. The lowest BCUT2D eigenvalue weighted by Gasteiger charge is -2.03. The van der Waals surface area contributed by atoms with Crippen LogP contribution in [-0.2, 0) is 6.42 Å². The summed E-state index contributed by atoms with van der Waals surface area (Å²) in [5, 5.41) is 9.35. The normalized spacial score (nSPS) is 9.42. The highest BCUT2D eigenvalue weighted by molar-refractivity contribution is 7.10. The van der Waals surface area contributed by atoms with Crippen LogP contribution < -0.4 is 4.52 Å². The van der Waals surface area contributed by atoms with Crippen LogP contribution in [0.1, 0.15) is 5.56 Å². The Balaban J connectivity index is 2.93. The molecule has 3 heteroatoms. The van der Waals surface area contributed by atoms with E-state index in [1.54, 1.807) is 18.2 Å². The number of aromatic hydroxyl groups is 1. The summed E-state index contributed by atoms with van der Waals surface area (Å²) in [6, 6.07) is 5.28. The lowest BCUT2D eigenvalue weighted by atomic mass is 10.1. The van der Waals surface area contributed by atoms with Crippen molar-refractivity contribution in [1.82, 2.24) is 0 Å². The summed E-state index contributed by atoms with van der Waals surface area (Å²) in [5.74, 6) is 0.622. The van der Waals surface area contributed by atoms with E-state index in [0.717, 1.165) is 12.0 Å². The molecule has 0 aliphatic carbocycles. The average molecular weight is 182 g/mol. The Hall–Kier alpha value is -1.01. The van der Waals surface area contributed by atoms with Gasteiger partial charge in [0.05, 0.1) is 9.47 Å². The topological polar surface area (TPSA) is 29.5 Å². The van der Waals surface area contributed by atoms with Gasteiger partial charge in [-0.3, -0.25) is 0 Å². The minimum Gasteiger partial charge on any atom is -0.504 e. The van der Waals surface area contributed by atoms with E-state index in [2.05, 4.69) is 16.0 Å². The van der Waals surface area contributed by atoms with Crippen molar-refractivity contribution < 1.29 is 9.63 Å². The van der Waals surface area contributed by atoms with Gasteiger partial charge in [0.15, 0.2) is 11.5 Å². The Morgan fingerprint density at radius 3 is 2.83 bits per heavy atom. The van der Waals surface area contributed by atoms with Gasteiger partial charge in [0.2, 0.25) is 0 Å². The molecule has 12 heavy (non-hydrogen) atoms. The Morgan fingerprint density at radius 2 is 2.33 bits per heavy atom. The van der Waals surface area contributed by atoms with Crippen LogP contribution in [0.5, 0.6) is 11.5 Å². The number of hydrogen-bond donors (Lipinski definition) is 1. The summed E-state index contributed by atoms with van der Waals surface area (Å²) in [5.41, 5.74) is 1.02. The monoisotopic (exact) mass is 182 g/mol. The van der Waals surface area contributed by atoms with Crippen molar-refractivity contribution in [3.05, 3.63) is 36.4 Å². The molecule has 1 unspecified atom stereocenters. The molecule has 0 fully saturated rings. The van der Waals surface area contributed by atoms with Crippen LogP contribution in [0, 0.1) is 0 Å². The van der Waals surface area contributed by atoms with E-state index in [1.807, 2.05) is 6.07 Å². The van der Waals surface area contributed by atoms with Crippen molar-refractivity contribution in [2.75, 3.05) is 0 Å². The highest BCUT2D eigenvalue weighted by atomic mass is 31.0. The maximum absolute atomic E-state index is 9.35. The van der Waals surface area contributed by atoms with Crippen LogP contribution in [0.3, 0.4) is 0 Å². The Labute approximate surface area is 74.2 Å². The molecule has 1 aromatic rings. The zero-order valence-electron chi connectivity index (χ0n) is 6.66. The average Bonchev–Trinajstić information content (AvgIpc) is 2.05. The number of phenols is 1. The molecule has 0 saturated heterocycles. The van der Waals surface area contributed by atoms with E-state index in [-0.39, 0.29) is 5.75 Å². The van der Waals surface area contributed by atoms with Crippen molar-refractivity contribution >= 4 is 9.47 Å². The van der Waals surface area contributed by atoms with Crippen LogP contribution >= 0.6 is 9.47 Å². The first-order valence-electron chi connectivity index (χ1n) is 3.57. The molecule has 0 heterocycles. The van der Waals surface area contributed by atoms with Gasteiger partial charge in [0.1, 0.15) is 0 Å². The first-order chi connectivity index (χ1) is 5.77. The first kappa shape index (κ1) is 9.08. The molecule has 0 aliphatic rings. The molecule has 1 aromatic carbocycles. The van der Waals surface area contributed by atoms with Crippen molar-refractivity contribution in [3.8, 4) is 11.5 Å². The molecular formula is C9H11O2P. The second-order valence-electron chi connectivity index (χ2n) is 2.41. The number of hydrogen-bond acceptors (Lipinski definition) is 2. The molecule has 0 bridgehead atoms. The highest BCUT2D eigenvalue weighted by Crippen LogP contribution is 2.28. The molecule has 1 N–H and O–H groups in total. The fraction of sp³-hybridized carbons (Fsp3) is 0.111. The predicted octanol–water partition coefficient (Wildman–Crippen LogP) is 2.29. The van der Waals surface area contributed by atoms with Crippen molar-refractivity contribution in [2.24, 2.45) is 0 Å². The molecule has 0 amide bonds. The zero-order chi connectivity index (χ0) is 8.97. The third kappa shape index (κ3) is 1.99. The fourth-order valence-electron chi connectivity index (χ4n) is 0.956. The molecule has 0 aliphatic heterocycles. The molecule has 0 radical (unpaired) electrons. The maximum atomic E-state index is 9.35. The largest absolute Gasteiger partial charge is 0.504 e. The van der Waals surface area contributed by atoms with E-state index >= 15 is 0 Å². The number of phenolic OH excluding ortho intramolecular Hbond substituents is 1. The van der Waals surface area contributed by atoms with Gasteiger partial charge in [-0.2, -0.15) is 0 Å². The lowest BCUT2D eigenvalue weighted by Crippen LogP contribution is -1.82. The molecule has 0 aromatic heterocycles. The fourth-order valence-corrected chi connectivity index (χ4v) is 1.16. The Morgan fingerprint density at radius 1 is 1.58 bits per heavy atom. The lowest BCUT2D eigenvalue weighted by molar-refractivity contribution is 0.449. The van der Waals surface area contributed by atoms with Gasteiger partial charge in [-0.15, -0.1) is 6.58 Å². The Kier molecular flexibility index (Phi) is 3.12. The van der Waals surface area contributed by atoms with Gasteiger partial charge in [-0.1, -0.05) is 12.1 Å². The highest BCUT2D eigenvalue weighted by Gasteiger charge is 2.00. The molecule has 1 rings (SSSR count). The molecule has 0 saturated carbocycles. The van der Waals surface area contributed by atoms with E-state index < -0.39 is 0 Å².